The Labute approximate surface area is 166 Å². The highest BCUT2D eigenvalue weighted by Crippen LogP contribution is 2.37. The number of sulfonamides is 1. The summed E-state index contributed by atoms with van der Waals surface area (Å²) in [6.45, 7) is 2.31. The van der Waals surface area contributed by atoms with Gasteiger partial charge in [0.15, 0.2) is 11.6 Å². The van der Waals surface area contributed by atoms with Crippen molar-refractivity contribution in [3.8, 4) is 5.75 Å². The predicted molar refractivity (Wildman–Crippen MR) is 103 cm³/mol. The van der Waals surface area contributed by atoms with Crippen molar-refractivity contribution in [1.82, 2.24) is 4.31 Å². The van der Waals surface area contributed by atoms with Crippen molar-refractivity contribution >= 4 is 21.8 Å². The Morgan fingerprint density at radius 1 is 1.11 bits per heavy atom. The lowest BCUT2D eigenvalue weighted by atomic mass is 10.1. The van der Waals surface area contributed by atoms with Crippen LogP contribution in [0, 0.1) is 17.5 Å². The van der Waals surface area contributed by atoms with E-state index in [1.165, 1.54) is 28.2 Å². The number of benzene rings is 2. The first-order chi connectivity index (χ1) is 13.3. The Bertz CT molecular complexity index is 953. The fraction of sp³-hybridized carbons (Fsp3) is 0.368. The van der Waals surface area contributed by atoms with Crippen molar-refractivity contribution in [2.24, 2.45) is 0 Å². The Morgan fingerprint density at radius 3 is 2.61 bits per heavy atom. The molecule has 0 radical (unpaired) electrons. The smallest absolute Gasteiger partial charge is 0.243 e. The third kappa shape index (κ3) is 4.47. The lowest BCUT2D eigenvalue weighted by Crippen LogP contribution is -2.33. The third-order valence-electron chi connectivity index (χ3n) is 4.45. The maximum Gasteiger partial charge on any atom is 0.243 e. The van der Waals surface area contributed by atoms with Crippen LogP contribution in [0.15, 0.2) is 41.3 Å². The van der Waals surface area contributed by atoms with Gasteiger partial charge in [-0.25, -0.2) is 21.6 Å². The van der Waals surface area contributed by atoms with Crippen LogP contribution in [0.3, 0.4) is 0 Å². The van der Waals surface area contributed by atoms with E-state index in [1.54, 1.807) is 6.92 Å². The van der Waals surface area contributed by atoms with Crippen LogP contribution in [0.4, 0.5) is 13.2 Å². The van der Waals surface area contributed by atoms with E-state index in [1.807, 2.05) is 0 Å². The Morgan fingerprint density at radius 2 is 1.89 bits per heavy atom. The minimum Gasteiger partial charge on any atom is -0.491 e. The molecule has 0 N–H and O–H groups in total. The van der Waals surface area contributed by atoms with E-state index in [-0.39, 0.29) is 41.2 Å². The van der Waals surface area contributed by atoms with Crippen molar-refractivity contribution in [2.45, 2.75) is 23.5 Å². The second-order valence-electron chi connectivity index (χ2n) is 6.24. The highest BCUT2D eigenvalue weighted by atomic mass is 32.2. The van der Waals surface area contributed by atoms with Crippen LogP contribution in [0.1, 0.15) is 24.2 Å². The zero-order valence-electron chi connectivity index (χ0n) is 15.2. The topological polar surface area (TPSA) is 46.6 Å². The summed E-state index contributed by atoms with van der Waals surface area (Å²) < 4.78 is 73.8. The van der Waals surface area contributed by atoms with Gasteiger partial charge in [0.2, 0.25) is 10.0 Å². The predicted octanol–water partition coefficient (Wildman–Crippen LogP) is 4.37. The van der Waals surface area contributed by atoms with E-state index in [9.17, 15) is 21.6 Å². The maximum atomic E-state index is 14.1. The third-order valence-corrected chi connectivity index (χ3v) is 7.65. The molecule has 9 heteroatoms. The molecule has 1 atom stereocenters. The normalized spacial score (nSPS) is 18.6. The molecule has 152 valence electrons. The highest BCUT2D eigenvalue weighted by molar-refractivity contribution is 7.99. The summed E-state index contributed by atoms with van der Waals surface area (Å²) in [6, 6.07) is 6.83. The van der Waals surface area contributed by atoms with Gasteiger partial charge in [0.05, 0.1) is 11.5 Å². The first kappa shape index (κ1) is 21.0. The second-order valence-corrected chi connectivity index (χ2v) is 9.49. The molecular formula is C19H20F3NO3S2. The van der Waals surface area contributed by atoms with Crippen LogP contribution < -0.4 is 4.74 Å². The maximum absolute atomic E-state index is 14.1. The van der Waals surface area contributed by atoms with E-state index in [0.717, 1.165) is 24.3 Å². The fourth-order valence-electron chi connectivity index (χ4n) is 3.06. The summed E-state index contributed by atoms with van der Waals surface area (Å²) in [5, 5.41) is -0.354. The number of hydrogen-bond acceptors (Lipinski definition) is 4. The minimum absolute atomic E-state index is 0.00508. The largest absolute Gasteiger partial charge is 0.491 e. The SMILES string of the molecule is CCOc1ccc(S(=O)(=O)N2CCS[C@H](c3cc(F)ccc3F)CC2)cc1F. The summed E-state index contributed by atoms with van der Waals surface area (Å²) in [5.74, 6) is -1.37. The van der Waals surface area contributed by atoms with Gasteiger partial charge in [0.1, 0.15) is 11.6 Å². The number of rotatable bonds is 5. The zero-order chi connectivity index (χ0) is 20.3. The molecule has 1 heterocycles. The van der Waals surface area contributed by atoms with Gasteiger partial charge in [-0.05, 0) is 49.7 Å². The summed E-state index contributed by atoms with van der Waals surface area (Å²) in [6.07, 6.45) is 0.323. The Balaban J connectivity index is 1.79. The number of nitrogens with zero attached hydrogens (tertiary/aromatic N) is 1. The van der Waals surface area contributed by atoms with Gasteiger partial charge in [-0.2, -0.15) is 16.1 Å². The molecule has 2 aromatic rings. The average Bonchev–Trinajstić information content (AvgIpc) is 2.92. The molecule has 0 bridgehead atoms. The number of ether oxygens (including phenoxy) is 1. The van der Waals surface area contributed by atoms with Crippen LogP contribution in [0.25, 0.3) is 0 Å². The highest BCUT2D eigenvalue weighted by Gasteiger charge is 2.30. The number of hydrogen-bond donors (Lipinski definition) is 0. The van der Waals surface area contributed by atoms with Crippen molar-refractivity contribution in [3.05, 3.63) is 59.4 Å². The molecule has 0 unspecified atom stereocenters. The van der Waals surface area contributed by atoms with Gasteiger partial charge < -0.3 is 4.74 Å². The first-order valence-corrected chi connectivity index (χ1v) is 11.3. The minimum atomic E-state index is -3.91. The molecule has 0 amide bonds. The Kier molecular flexibility index (Phi) is 6.57. The molecule has 0 aromatic heterocycles. The average molecular weight is 432 g/mol. The molecule has 28 heavy (non-hydrogen) atoms. The van der Waals surface area contributed by atoms with Crippen LogP contribution in [0.2, 0.25) is 0 Å². The van der Waals surface area contributed by atoms with Crippen molar-refractivity contribution in [2.75, 3.05) is 25.4 Å². The van der Waals surface area contributed by atoms with E-state index < -0.39 is 27.5 Å². The van der Waals surface area contributed by atoms with Gasteiger partial charge >= 0.3 is 0 Å². The van der Waals surface area contributed by atoms with Crippen LogP contribution in [-0.4, -0.2) is 38.2 Å². The molecule has 0 spiro atoms. The van der Waals surface area contributed by atoms with Crippen molar-refractivity contribution < 1.29 is 26.3 Å². The van der Waals surface area contributed by atoms with E-state index >= 15 is 0 Å². The summed E-state index contributed by atoms with van der Waals surface area (Å²) in [7, 11) is -3.91. The molecule has 4 nitrogen and oxygen atoms in total. The van der Waals surface area contributed by atoms with Crippen molar-refractivity contribution in [3.63, 3.8) is 0 Å². The molecule has 1 fully saturated rings. The summed E-state index contributed by atoms with van der Waals surface area (Å²) in [5.41, 5.74) is 0.233. The van der Waals surface area contributed by atoms with E-state index in [2.05, 4.69) is 0 Å². The molecule has 1 aliphatic heterocycles. The van der Waals surface area contributed by atoms with Gasteiger partial charge in [-0.1, -0.05) is 0 Å². The number of thioether (sulfide) groups is 1. The zero-order valence-corrected chi connectivity index (χ0v) is 16.8. The molecule has 1 aliphatic rings. The summed E-state index contributed by atoms with van der Waals surface area (Å²) in [4.78, 5) is -0.158. The molecule has 0 aliphatic carbocycles. The van der Waals surface area contributed by atoms with E-state index in [4.69, 9.17) is 4.74 Å². The standard InChI is InChI=1S/C19H20F3NO3S2/c1-2-26-18-6-4-14(12-17(18)22)28(24,25)23-8-7-19(27-10-9-23)15-11-13(20)3-5-16(15)21/h3-6,11-12,19H,2,7-10H2,1H3/t19-/m0/s1. The van der Waals surface area contributed by atoms with Gasteiger partial charge in [-0.15, -0.1) is 0 Å². The molecular weight excluding hydrogens is 411 g/mol. The lowest BCUT2D eigenvalue weighted by molar-refractivity contribution is 0.321. The van der Waals surface area contributed by atoms with Crippen LogP contribution in [-0.2, 0) is 10.0 Å². The van der Waals surface area contributed by atoms with Gasteiger partial charge in [-0.3, -0.25) is 0 Å². The van der Waals surface area contributed by atoms with Gasteiger partial charge in [0.25, 0.3) is 0 Å². The molecule has 2 aromatic carbocycles. The van der Waals surface area contributed by atoms with E-state index in [0.29, 0.717) is 12.2 Å². The molecule has 0 saturated carbocycles. The monoisotopic (exact) mass is 431 g/mol. The fourth-order valence-corrected chi connectivity index (χ4v) is 5.89. The van der Waals surface area contributed by atoms with Gasteiger partial charge in [0, 0.05) is 29.7 Å². The first-order valence-electron chi connectivity index (χ1n) is 8.82. The number of halogens is 3. The summed E-state index contributed by atoms with van der Waals surface area (Å²) >= 11 is 1.38. The second kappa shape index (κ2) is 8.75. The van der Waals surface area contributed by atoms with Crippen LogP contribution in [0.5, 0.6) is 5.75 Å². The van der Waals surface area contributed by atoms with Crippen LogP contribution >= 0.6 is 11.8 Å². The molecule has 3 rings (SSSR count). The molecule has 1 saturated heterocycles. The van der Waals surface area contributed by atoms with Crippen molar-refractivity contribution in [1.29, 1.82) is 0 Å². The lowest BCUT2D eigenvalue weighted by Gasteiger charge is -2.20. The Hall–Kier alpha value is -1.71. The quantitative estimate of drug-likeness (QED) is 0.705.